The van der Waals surface area contributed by atoms with Gasteiger partial charge in [0.25, 0.3) is 0 Å². The molecule has 0 aromatic heterocycles. The SMILES string of the molecule is CC(C)NC(=O)C(COC(C)(C)C)NC(=O)OCc1ccccc1. The Kier molecular flexibility index (Phi) is 7.71. The van der Waals surface area contributed by atoms with Gasteiger partial charge in [-0.3, -0.25) is 4.79 Å². The van der Waals surface area contributed by atoms with Gasteiger partial charge in [-0.15, -0.1) is 0 Å². The van der Waals surface area contributed by atoms with Crippen LogP contribution in [0.25, 0.3) is 0 Å². The van der Waals surface area contributed by atoms with Crippen LogP contribution in [-0.4, -0.2) is 36.3 Å². The van der Waals surface area contributed by atoms with Gasteiger partial charge in [0.2, 0.25) is 5.91 Å². The number of amides is 2. The second-order valence-electron chi connectivity index (χ2n) is 6.85. The Hall–Kier alpha value is -2.08. The summed E-state index contributed by atoms with van der Waals surface area (Å²) in [6.45, 7) is 9.59. The highest BCUT2D eigenvalue weighted by Crippen LogP contribution is 2.08. The first-order chi connectivity index (χ1) is 11.2. The summed E-state index contributed by atoms with van der Waals surface area (Å²) in [5.41, 5.74) is 0.466. The van der Waals surface area contributed by atoms with Gasteiger partial charge in [-0.05, 0) is 40.2 Å². The van der Waals surface area contributed by atoms with Crippen molar-refractivity contribution < 1.29 is 19.1 Å². The molecule has 0 aliphatic carbocycles. The number of benzene rings is 1. The highest BCUT2D eigenvalue weighted by Gasteiger charge is 2.24. The molecule has 1 atom stereocenters. The van der Waals surface area contributed by atoms with E-state index in [-0.39, 0.29) is 25.2 Å². The number of nitrogens with one attached hydrogen (secondary N) is 2. The van der Waals surface area contributed by atoms with Crippen LogP contribution in [0, 0.1) is 0 Å². The van der Waals surface area contributed by atoms with Gasteiger partial charge < -0.3 is 20.1 Å². The first-order valence-corrected chi connectivity index (χ1v) is 8.09. The van der Waals surface area contributed by atoms with Gasteiger partial charge in [-0.1, -0.05) is 30.3 Å². The molecule has 24 heavy (non-hydrogen) atoms. The lowest BCUT2D eigenvalue weighted by atomic mass is 10.2. The Morgan fingerprint density at radius 3 is 2.25 bits per heavy atom. The van der Waals surface area contributed by atoms with Crippen LogP contribution in [0.5, 0.6) is 0 Å². The lowest BCUT2D eigenvalue weighted by molar-refractivity contribution is -0.126. The average Bonchev–Trinajstić information content (AvgIpc) is 2.48. The van der Waals surface area contributed by atoms with E-state index in [0.29, 0.717) is 0 Å². The highest BCUT2D eigenvalue weighted by molar-refractivity contribution is 5.85. The minimum absolute atomic E-state index is 0.0308. The lowest BCUT2D eigenvalue weighted by Gasteiger charge is -2.25. The van der Waals surface area contributed by atoms with Crippen molar-refractivity contribution in [1.82, 2.24) is 10.6 Å². The third-order valence-corrected chi connectivity index (χ3v) is 2.94. The third kappa shape index (κ3) is 8.53. The molecule has 1 unspecified atom stereocenters. The molecule has 6 nitrogen and oxygen atoms in total. The maximum absolute atomic E-state index is 12.2. The van der Waals surface area contributed by atoms with E-state index < -0.39 is 17.7 Å². The zero-order valence-electron chi connectivity index (χ0n) is 15.1. The van der Waals surface area contributed by atoms with E-state index >= 15 is 0 Å². The summed E-state index contributed by atoms with van der Waals surface area (Å²) in [7, 11) is 0. The molecule has 134 valence electrons. The molecule has 2 N–H and O–H groups in total. The van der Waals surface area contributed by atoms with Crippen LogP contribution in [0.15, 0.2) is 30.3 Å². The van der Waals surface area contributed by atoms with E-state index in [1.807, 2.05) is 65.0 Å². The summed E-state index contributed by atoms with van der Waals surface area (Å²) in [4.78, 5) is 24.2. The molecule has 0 spiro atoms. The lowest BCUT2D eigenvalue weighted by Crippen LogP contribution is -2.51. The van der Waals surface area contributed by atoms with Crippen LogP contribution < -0.4 is 10.6 Å². The molecule has 1 rings (SSSR count). The van der Waals surface area contributed by atoms with Crippen LogP contribution in [0.1, 0.15) is 40.2 Å². The van der Waals surface area contributed by atoms with Crippen LogP contribution in [-0.2, 0) is 20.9 Å². The summed E-state index contributed by atoms with van der Waals surface area (Å²) in [6.07, 6.45) is -0.653. The fraction of sp³-hybridized carbons (Fsp3) is 0.556. The highest BCUT2D eigenvalue weighted by atomic mass is 16.5. The number of alkyl carbamates (subject to hydrolysis) is 1. The zero-order valence-corrected chi connectivity index (χ0v) is 15.1. The second kappa shape index (κ2) is 9.27. The van der Waals surface area contributed by atoms with E-state index in [1.165, 1.54) is 0 Å². The number of ether oxygens (including phenoxy) is 2. The van der Waals surface area contributed by atoms with E-state index in [9.17, 15) is 9.59 Å². The summed E-state index contributed by atoms with van der Waals surface area (Å²) in [5, 5.41) is 5.34. The number of hydrogen-bond donors (Lipinski definition) is 2. The van der Waals surface area contributed by atoms with Gasteiger partial charge in [-0.25, -0.2) is 4.79 Å². The van der Waals surface area contributed by atoms with Crippen LogP contribution >= 0.6 is 0 Å². The first kappa shape index (κ1) is 20.0. The molecule has 0 fully saturated rings. The monoisotopic (exact) mass is 336 g/mol. The van der Waals surface area contributed by atoms with E-state index in [0.717, 1.165) is 5.56 Å². The van der Waals surface area contributed by atoms with Gasteiger partial charge in [0.05, 0.1) is 12.2 Å². The molecule has 0 heterocycles. The van der Waals surface area contributed by atoms with Crippen LogP contribution in [0.4, 0.5) is 4.79 Å². The van der Waals surface area contributed by atoms with Gasteiger partial charge in [0.15, 0.2) is 0 Å². The fourth-order valence-electron chi connectivity index (χ4n) is 1.81. The van der Waals surface area contributed by atoms with Crippen molar-refractivity contribution in [2.24, 2.45) is 0 Å². The van der Waals surface area contributed by atoms with Gasteiger partial charge >= 0.3 is 6.09 Å². The number of hydrogen-bond acceptors (Lipinski definition) is 4. The smallest absolute Gasteiger partial charge is 0.408 e. The molecule has 0 saturated carbocycles. The van der Waals surface area contributed by atoms with Gasteiger partial charge in [-0.2, -0.15) is 0 Å². The first-order valence-electron chi connectivity index (χ1n) is 8.09. The minimum Gasteiger partial charge on any atom is -0.445 e. The zero-order chi connectivity index (χ0) is 18.2. The molecule has 2 amide bonds. The molecular weight excluding hydrogens is 308 g/mol. The van der Waals surface area contributed by atoms with Crippen molar-refractivity contribution in [3.63, 3.8) is 0 Å². The van der Waals surface area contributed by atoms with Gasteiger partial charge in [0.1, 0.15) is 12.6 Å². The predicted molar refractivity (Wildman–Crippen MR) is 92.5 cm³/mol. The molecule has 0 bridgehead atoms. The van der Waals surface area contributed by atoms with Crippen molar-refractivity contribution in [3.8, 4) is 0 Å². The Bertz CT molecular complexity index is 524. The van der Waals surface area contributed by atoms with E-state index in [1.54, 1.807) is 0 Å². The largest absolute Gasteiger partial charge is 0.445 e. The molecular formula is C18H28N2O4. The Morgan fingerprint density at radius 2 is 1.71 bits per heavy atom. The standard InChI is InChI=1S/C18H28N2O4/c1-13(2)19-16(21)15(12-24-18(3,4)5)20-17(22)23-11-14-9-7-6-8-10-14/h6-10,13,15H,11-12H2,1-5H3,(H,19,21)(H,20,22). The molecule has 1 aromatic rings. The molecule has 0 saturated heterocycles. The summed E-state index contributed by atoms with van der Waals surface area (Å²) in [6, 6.07) is 8.50. The molecule has 0 radical (unpaired) electrons. The number of rotatable bonds is 7. The van der Waals surface area contributed by atoms with Gasteiger partial charge in [0, 0.05) is 6.04 Å². The van der Waals surface area contributed by atoms with Crippen molar-refractivity contribution in [3.05, 3.63) is 35.9 Å². The maximum atomic E-state index is 12.2. The van der Waals surface area contributed by atoms with E-state index in [2.05, 4.69) is 10.6 Å². The van der Waals surface area contributed by atoms with Crippen molar-refractivity contribution in [1.29, 1.82) is 0 Å². The number of carbonyl (C=O) groups excluding carboxylic acids is 2. The van der Waals surface area contributed by atoms with Crippen LogP contribution in [0.2, 0.25) is 0 Å². The Labute approximate surface area is 143 Å². The molecule has 0 aliphatic heterocycles. The normalized spacial score (nSPS) is 12.6. The summed E-state index contributed by atoms with van der Waals surface area (Å²) < 4.78 is 10.8. The van der Waals surface area contributed by atoms with Crippen molar-refractivity contribution in [2.75, 3.05) is 6.61 Å². The van der Waals surface area contributed by atoms with Crippen LogP contribution in [0.3, 0.4) is 0 Å². The third-order valence-electron chi connectivity index (χ3n) is 2.94. The summed E-state index contributed by atoms with van der Waals surface area (Å²) in [5.74, 6) is -0.300. The Morgan fingerprint density at radius 1 is 1.08 bits per heavy atom. The quantitative estimate of drug-likeness (QED) is 0.802. The molecule has 1 aromatic carbocycles. The second-order valence-corrected chi connectivity index (χ2v) is 6.85. The molecule has 0 aliphatic rings. The van der Waals surface area contributed by atoms with Crippen molar-refractivity contribution in [2.45, 2.75) is 58.9 Å². The maximum Gasteiger partial charge on any atom is 0.408 e. The predicted octanol–water partition coefficient (Wildman–Crippen LogP) is 2.62. The average molecular weight is 336 g/mol. The minimum atomic E-state index is -0.810. The Balaban J connectivity index is 2.58. The van der Waals surface area contributed by atoms with E-state index in [4.69, 9.17) is 9.47 Å². The fourth-order valence-corrected chi connectivity index (χ4v) is 1.81. The summed E-state index contributed by atoms with van der Waals surface area (Å²) >= 11 is 0. The topological polar surface area (TPSA) is 76.7 Å². The van der Waals surface area contributed by atoms with Crippen molar-refractivity contribution >= 4 is 12.0 Å². The molecule has 6 heteroatoms. The number of carbonyl (C=O) groups is 2.